The number of thioether (sulfide) groups is 1. The van der Waals surface area contributed by atoms with Crippen LogP contribution in [0.5, 0.6) is 0 Å². The molecule has 1 atom stereocenters. The van der Waals surface area contributed by atoms with Gasteiger partial charge in [-0.05, 0) is 37.1 Å². The van der Waals surface area contributed by atoms with Crippen molar-refractivity contribution in [3.05, 3.63) is 71.0 Å². The molecule has 0 bridgehead atoms. The van der Waals surface area contributed by atoms with Crippen molar-refractivity contribution in [3.8, 4) is 5.69 Å². The molecule has 112 valence electrons. The zero-order valence-corrected chi connectivity index (χ0v) is 14.0. The summed E-state index contributed by atoms with van der Waals surface area (Å²) in [6.07, 6.45) is 1.72. The standard InChI is InChI=1S/C17H16ClN3S/c1-12-8-9-15(10-16(12)18)21-11-19-20-17(21)22-13(2)14-6-4-3-5-7-14/h3-11,13H,1-2H3. The first-order valence-corrected chi connectivity index (χ1v) is 8.29. The molecule has 5 heteroatoms. The van der Waals surface area contributed by atoms with Crippen LogP contribution in [0.15, 0.2) is 60.0 Å². The molecule has 0 aliphatic carbocycles. The van der Waals surface area contributed by atoms with Gasteiger partial charge < -0.3 is 0 Å². The monoisotopic (exact) mass is 329 g/mol. The lowest BCUT2D eigenvalue weighted by Crippen LogP contribution is -1.97. The van der Waals surface area contributed by atoms with Crippen molar-refractivity contribution in [2.24, 2.45) is 0 Å². The molecule has 0 spiro atoms. The highest BCUT2D eigenvalue weighted by atomic mass is 35.5. The second-order valence-electron chi connectivity index (χ2n) is 5.09. The van der Waals surface area contributed by atoms with Crippen molar-refractivity contribution in [1.29, 1.82) is 0 Å². The third-order valence-electron chi connectivity index (χ3n) is 3.50. The highest BCUT2D eigenvalue weighted by molar-refractivity contribution is 7.99. The topological polar surface area (TPSA) is 30.7 Å². The Morgan fingerprint density at radius 1 is 1.14 bits per heavy atom. The van der Waals surface area contributed by atoms with Crippen LogP contribution in [0.4, 0.5) is 0 Å². The Labute approximate surface area is 139 Å². The Kier molecular flexibility index (Phi) is 4.50. The van der Waals surface area contributed by atoms with Crippen LogP contribution < -0.4 is 0 Å². The molecule has 0 fully saturated rings. The molecule has 2 aromatic carbocycles. The molecule has 3 aromatic rings. The fraction of sp³-hybridized carbons (Fsp3) is 0.176. The Balaban J connectivity index is 1.87. The van der Waals surface area contributed by atoms with Gasteiger partial charge in [0, 0.05) is 10.3 Å². The molecule has 3 nitrogen and oxygen atoms in total. The van der Waals surface area contributed by atoms with E-state index in [4.69, 9.17) is 11.6 Å². The number of nitrogens with zero attached hydrogens (tertiary/aromatic N) is 3. The van der Waals surface area contributed by atoms with E-state index >= 15 is 0 Å². The van der Waals surface area contributed by atoms with Gasteiger partial charge in [-0.15, -0.1) is 10.2 Å². The second-order valence-corrected chi connectivity index (χ2v) is 6.80. The van der Waals surface area contributed by atoms with Crippen LogP contribution in [-0.2, 0) is 0 Å². The van der Waals surface area contributed by atoms with E-state index in [0.717, 1.165) is 21.4 Å². The summed E-state index contributed by atoms with van der Waals surface area (Å²) < 4.78 is 1.97. The van der Waals surface area contributed by atoms with Gasteiger partial charge in [0.05, 0.1) is 5.69 Å². The van der Waals surface area contributed by atoms with E-state index in [-0.39, 0.29) is 0 Å². The van der Waals surface area contributed by atoms with Crippen molar-refractivity contribution in [2.45, 2.75) is 24.3 Å². The number of aryl methyl sites for hydroxylation is 1. The van der Waals surface area contributed by atoms with E-state index in [1.807, 2.05) is 35.8 Å². The summed E-state index contributed by atoms with van der Waals surface area (Å²) in [5.41, 5.74) is 3.30. The minimum Gasteiger partial charge on any atom is -0.277 e. The van der Waals surface area contributed by atoms with Gasteiger partial charge in [0.25, 0.3) is 0 Å². The first-order valence-electron chi connectivity index (χ1n) is 7.03. The highest BCUT2D eigenvalue weighted by Gasteiger charge is 2.13. The maximum atomic E-state index is 6.22. The molecule has 22 heavy (non-hydrogen) atoms. The van der Waals surface area contributed by atoms with Crippen molar-refractivity contribution in [3.63, 3.8) is 0 Å². The summed E-state index contributed by atoms with van der Waals surface area (Å²) in [5, 5.41) is 10.2. The summed E-state index contributed by atoms with van der Waals surface area (Å²) in [4.78, 5) is 0. The predicted octanol–water partition coefficient (Wildman–Crippen LogP) is 5.08. The normalized spacial score (nSPS) is 12.3. The number of halogens is 1. The molecule has 0 amide bonds. The van der Waals surface area contributed by atoms with Crippen LogP contribution in [0.3, 0.4) is 0 Å². The fourth-order valence-electron chi connectivity index (χ4n) is 2.16. The van der Waals surface area contributed by atoms with Crippen molar-refractivity contribution in [1.82, 2.24) is 14.8 Å². The number of rotatable bonds is 4. The fourth-order valence-corrected chi connectivity index (χ4v) is 3.31. The average Bonchev–Trinajstić information content (AvgIpc) is 2.99. The van der Waals surface area contributed by atoms with E-state index < -0.39 is 0 Å². The van der Waals surface area contributed by atoms with E-state index in [1.54, 1.807) is 18.1 Å². The first kappa shape index (κ1) is 15.1. The number of hydrogen-bond donors (Lipinski definition) is 0. The zero-order chi connectivity index (χ0) is 15.5. The minimum absolute atomic E-state index is 0.296. The third kappa shape index (κ3) is 3.18. The molecule has 0 aliphatic rings. The van der Waals surface area contributed by atoms with E-state index in [9.17, 15) is 0 Å². The number of hydrogen-bond acceptors (Lipinski definition) is 3. The number of aromatic nitrogens is 3. The molecule has 0 saturated heterocycles. The second kappa shape index (κ2) is 6.55. The largest absolute Gasteiger partial charge is 0.277 e. The predicted molar refractivity (Wildman–Crippen MR) is 91.8 cm³/mol. The summed E-state index contributed by atoms with van der Waals surface area (Å²) in [6.45, 7) is 4.16. The molecule has 1 aromatic heterocycles. The van der Waals surface area contributed by atoms with Gasteiger partial charge in [0.15, 0.2) is 5.16 Å². The average molecular weight is 330 g/mol. The zero-order valence-electron chi connectivity index (χ0n) is 12.4. The van der Waals surface area contributed by atoms with Crippen LogP contribution in [0.2, 0.25) is 5.02 Å². The minimum atomic E-state index is 0.296. The van der Waals surface area contributed by atoms with Crippen molar-refractivity contribution in [2.75, 3.05) is 0 Å². The molecule has 3 rings (SSSR count). The van der Waals surface area contributed by atoms with Gasteiger partial charge >= 0.3 is 0 Å². The van der Waals surface area contributed by atoms with Gasteiger partial charge in [-0.2, -0.15) is 0 Å². The van der Waals surface area contributed by atoms with Crippen LogP contribution in [0.25, 0.3) is 5.69 Å². The van der Waals surface area contributed by atoms with Crippen molar-refractivity contribution >= 4 is 23.4 Å². The lowest BCUT2D eigenvalue weighted by molar-refractivity contribution is 0.876. The molecule has 1 heterocycles. The van der Waals surface area contributed by atoms with Gasteiger partial charge in [-0.3, -0.25) is 4.57 Å². The molecule has 0 aliphatic heterocycles. The van der Waals surface area contributed by atoms with Gasteiger partial charge in [-0.25, -0.2) is 0 Å². The maximum Gasteiger partial charge on any atom is 0.196 e. The molecular weight excluding hydrogens is 314 g/mol. The quantitative estimate of drug-likeness (QED) is 0.625. The highest BCUT2D eigenvalue weighted by Crippen LogP contribution is 2.34. The van der Waals surface area contributed by atoms with E-state index in [1.165, 1.54) is 5.56 Å². The summed E-state index contributed by atoms with van der Waals surface area (Å²) >= 11 is 7.90. The molecular formula is C17H16ClN3S. The molecule has 0 N–H and O–H groups in total. The smallest absolute Gasteiger partial charge is 0.196 e. The summed E-state index contributed by atoms with van der Waals surface area (Å²) in [5.74, 6) is 0. The SMILES string of the molecule is Cc1ccc(-n2cnnc2SC(C)c2ccccc2)cc1Cl. The Bertz CT molecular complexity index is 771. The van der Waals surface area contributed by atoms with Crippen molar-refractivity contribution < 1.29 is 0 Å². The van der Waals surface area contributed by atoms with E-state index in [0.29, 0.717) is 5.25 Å². The molecule has 1 unspecified atom stereocenters. The first-order chi connectivity index (χ1) is 10.6. The summed E-state index contributed by atoms with van der Waals surface area (Å²) in [7, 11) is 0. The maximum absolute atomic E-state index is 6.22. The lowest BCUT2D eigenvalue weighted by Gasteiger charge is -2.12. The number of benzene rings is 2. The van der Waals surface area contributed by atoms with Gasteiger partial charge in [0.2, 0.25) is 0 Å². The Hall–Kier alpha value is -1.78. The molecule has 0 radical (unpaired) electrons. The lowest BCUT2D eigenvalue weighted by atomic mass is 10.2. The van der Waals surface area contributed by atoms with Crippen LogP contribution in [0.1, 0.15) is 23.3 Å². The Morgan fingerprint density at radius 2 is 1.91 bits per heavy atom. The van der Waals surface area contributed by atoms with E-state index in [2.05, 4.69) is 41.4 Å². The summed E-state index contributed by atoms with van der Waals surface area (Å²) in [6, 6.07) is 16.4. The van der Waals surface area contributed by atoms with Gasteiger partial charge in [0.1, 0.15) is 6.33 Å². The Morgan fingerprint density at radius 3 is 2.64 bits per heavy atom. The van der Waals surface area contributed by atoms with Crippen LogP contribution in [-0.4, -0.2) is 14.8 Å². The van der Waals surface area contributed by atoms with Crippen LogP contribution >= 0.6 is 23.4 Å². The molecule has 0 saturated carbocycles. The third-order valence-corrected chi connectivity index (χ3v) is 5.02. The van der Waals surface area contributed by atoms with Crippen LogP contribution in [0, 0.1) is 6.92 Å². The van der Waals surface area contributed by atoms with Gasteiger partial charge in [-0.1, -0.05) is 59.8 Å².